The van der Waals surface area contributed by atoms with Crippen LogP contribution in [0.5, 0.6) is 0 Å². The highest BCUT2D eigenvalue weighted by Crippen LogP contribution is 2.37. The Morgan fingerprint density at radius 2 is 1.68 bits per heavy atom. The average molecular weight is 675 g/mol. The Balaban J connectivity index is 1.77. The molecule has 6 nitrogen and oxygen atoms in total. The van der Waals surface area contributed by atoms with Crippen molar-refractivity contribution >= 4 is 60.9 Å². The van der Waals surface area contributed by atoms with E-state index in [9.17, 15) is 19.1 Å². The lowest BCUT2D eigenvalue weighted by atomic mass is 9.92. The minimum Gasteiger partial charge on any atom is -0.478 e. The van der Waals surface area contributed by atoms with Crippen molar-refractivity contribution in [2.45, 2.75) is 58.9 Å². The largest absolute Gasteiger partial charge is 0.478 e. The second-order valence-corrected chi connectivity index (χ2v) is 12.4. The summed E-state index contributed by atoms with van der Waals surface area (Å²) in [5, 5.41) is 15.7. The van der Waals surface area contributed by atoms with Crippen molar-refractivity contribution < 1.29 is 19.1 Å². The molecule has 1 aliphatic carbocycles. The summed E-state index contributed by atoms with van der Waals surface area (Å²) >= 11 is 7.05. The highest BCUT2D eigenvalue weighted by molar-refractivity contribution is 9.11. The number of rotatable bonds is 8. The van der Waals surface area contributed by atoms with E-state index in [0.717, 1.165) is 58.5 Å². The number of anilines is 3. The maximum absolute atomic E-state index is 14.2. The van der Waals surface area contributed by atoms with E-state index in [0.29, 0.717) is 28.9 Å². The summed E-state index contributed by atoms with van der Waals surface area (Å²) in [5.74, 6) is -1.30. The number of carboxylic acid groups (broad SMARTS) is 1. The maximum Gasteiger partial charge on any atom is 0.336 e. The summed E-state index contributed by atoms with van der Waals surface area (Å²) < 4.78 is 16.0. The van der Waals surface area contributed by atoms with Gasteiger partial charge in [-0.05, 0) is 84.8 Å². The molecule has 212 valence electrons. The molecule has 0 bridgehead atoms. The van der Waals surface area contributed by atoms with Gasteiger partial charge < -0.3 is 20.6 Å². The zero-order valence-electron chi connectivity index (χ0n) is 22.9. The smallest absolute Gasteiger partial charge is 0.336 e. The molecule has 9 heteroatoms. The summed E-state index contributed by atoms with van der Waals surface area (Å²) in [4.78, 5) is 27.6. The average Bonchev–Trinajstić information content (AvgIpc) is 2.90. The normalized spacial score (nSPS) is 13.8. The summed E-state index contributed by atoms with van der Waals surface area (Å²) in [6, 6.07) is 12.6. The van der Waals surface area contributed by atoms with Gasteiger partial charge in [0.1, 0.15) is 5.82 Å². The first-order chi connectivity index (χ1) is 19.0. The predicted octanol–water partition coefficient (Wildman–Crippen LogP) is 9.46. The van der Waals surface area contributed by atoms with Crippen molar-refractivity contribution in [1.82, 2.24) is 0 Å². The first-order valence-electron chi connectivity index (χ1n) is 13.5. The number of amides is 2. The van der Waals surface area contributed by atoms with Crippen molar-refractivity contribution in [3.05, 3.63) is 74.4 Å². The zero-order valence-corrected chi connectivity index (χ0v) is 26.0. The molecule has 0 heterocycles. The van der Waals surface area contributed by atoms with Crippen LogP contribution in [0.4, 0.5) is 26.2 Å². The second-order valence-electron chi connectivity index (χ2n) is 10.7. The molecular formula is C31H34Br2FN3O3. The third-order valence-electron chi connectivity index (χ3n) is 7.19. The van der Waals surface area contributed by atoms with Gasteiger partial charge in [0.25, 0.3) is 0 Å². The van der Waals surface area contributed by atoms with Crippen LogP contribution in [0.15, 0.2) is 57.5 Å². The Hall–Kier alpha value is -2.91. The van der Waals surface area contributed by atoms with E-state index in [1.165, 1.54) is 18.6 Å². The van der Waals surface area contributed by atoms with Crippen LogP contribution >= 0.6 is 31.9 Å². The number of aromatic carboxylic acids is 1. The van der Waals surface area contributed by atoms with Gasteiger partial charge in [0.15, 0.2) is 0 Å². The molecule has 1 fully saturated rings. The standard InChI is InChI=1S/C31H34Br2FN3O3/c1-18(2)17-37(23-7-5-4-6-8-23)29-12-9-20(25-14-21(34)10-11-24(25)30(38)39)13-28(29)36-31(40)35-22-15-26(32)19(3)27(33)16-22/h9-16,18,23H,4-8,17H2,1-3H3,(H,38,39)(H2,35,36,40). The van der Waals surface area contributed by atoms with Crippen molar-refractivity contribution in [3.63, 3.8) is 0 Å². The fraction of sp³-hybridized carbons (Fsp3) is 0.355. The van der Waals surface area contributed by atoms with E-state index in [1.54, 1.807) is 6.07 Å². The Labute approximate surface area is 251 Å². The van der Waals surface area contributed by atoms with Crippen LogP contribution in [0.3, 0.4) is 0 Å². The Bertz CT molecular complexity index is 1380. The van der Waals surface area contributed by atoms with E-state index >= 15 is 0 Å². The molecule has 0 aromatic heterocycles. The number of urea groups is 1. The molecule has 0 spiro atoms. The molecule has 0 aliphatic heterocycles. The molecule has 2 amide bonds. The number of nitrogens with one attached hydrogen (secondary N) is 2. The quantitative estimate of drug-likeness (QED) is 0.222. The molecule has 4 rings (SSSR count). The monoisotopic (exact) mass is 673 g/mol. The van der Waals surface area contributed by atoms with E-state index in [2.05, 4.69) is 61.2 Å². The molecule has 0 unspecified atom stereocenters. The summed E-state index contributed by atoms with van der Waals surface area (Å²) in [6.45, 7) is 7.10. The number of carbonyl (C=O) groups excluding carboxylic acids is 1. The van der Waals surface area contributed by atoms with E-state index < -0.39 is 17.8 Å². The van der Waals surface area contributed by atoms with Crippen LogP contribution in [0, 0.1) is 18.7 Å². The number of halogens is 3. The lowest BCUT2D eigenvalue weighted by molar-refractivity contribution is 0.0697. The van der Waals surface area contributed by atoms with Gasteiger partial charge in [-0.15, -0.1) is 0 Å². The van der Waals surface area contributed by atoms with Crippen molar-refractivity contribution in [3.8, 4) is 11.1 Å². The van der Waals surface area contributed by atoms with Gasteiger partial charge >= 0.3 is 12.0 Å². The first-order valence-corrected chi connectivity index (χ1v) is 15.1. The van der Waals surface area contributed by atoms with Gasteiger partial charge in [-0.3, -0.25) is 0 Å². The van der Waals surface area contributed by atoms with Crippen molar-refractivity contribution in [2.75, 3.05) is 22.1 Å². The molecule has 3 aromatic carbocycles. The van der Waals surface area contributed by atoms with Crippen LogP contribution in [0.25, 0.3) is 11.1 Å². The highest BCUT2D eigenvalue weighted by atomic mass is 79.9. The number of carbonyl (C=O) groups is 2. The van der Waals surface area contributed by atoms with Crippen LogP contribution < -0.4 is 15.5 Å². The molecule has 0 radical (unpaired) electrons. The minimum absolute atomic E-state index is 0.00905. The maximum atomic E-state index is 14.2. The molecular weight excluding hydrogens is 641 g/mol. The van der Waals surface area contributed by atoms with Gasteiger partial charge in [-0.2, -0.15) is 0 Å². The molecule has 0 saturated heterocycles. The third kappa shape index (κ3) is 7.23. The van der Waals surface area contributed by atoms with Gasteiger partial charge in [-0.1, -0.05) is 71.0 Å². The fourth-order valence-corrected chi connectivity index (χ4v) is 6.41. The molecule has 40 heavy (non-hydrogen) atoms. The minimum atomic E-state index is -1.15. The summed E-state index contributed by atoms with van der Waals surface area (Å²) in [6.07, 6.45) is 5.67. The Kier molecular flexibility index (Phi) is 9.90. The highest BCUT2D eigenvalue weighted by Gasteiger charge is 2.25. The molecule has 1 aliphatic rings. The zero-order chi connectivity index (χ0) is 29.0. The van der Waals surface area contributed by atoms with E-state index in [4.69, 9.17) is 0 Å². The van der Waals surface area contributed by atoms with Gasteiger partial charge in [0, 0.05) is 27.2 Å². The molecule has 3 aromatic rings. The number of nitrogens with zero attached hydrogens (tertiary/aromatic N) is 1. The SMILES string of the molecule is Cc1c(Br)cc(NC(=O)Nc2cc(-c3cc(F)ccc3C(=O)O)ccc2N(CC(C)C)C2CCCCC2)cc1Br. The summed E-state index contributed by atoms with van der Waals surface area (Å²) in [5.41, 5.74) is 3.76. The van der Waals surface area contributed by atoms with E-state index in [-0.39, 0.29) is 11.1 Å². The Morgan fingerprint density at radius 1 is 1.00 bits per heavy atom. The van der Waals surface area contributed by atoms with E-state index in [1.807, 2.05) is 31.2 Å². The predicted molar refractivity (Wildman–Crippen MR) is 167 cm³/mol. The fourth-order valence-electron chi connectivity index (χ4n) is 5.23. The number of hydrogen-bond donors (Lipinski definition) is 3. The van der Waals surface area contributed by atoms with Crippen LogP contribution in [0.1, 0.15) is 61.9 Å². The third-order valence-corrected chi connectivity index (χ3v) is 8.84. The van der Waals surface area contributed by atoms with Crippen LogP contribution in [-0.2, 0) is 0 Å². The topological polar surface area (TPSA) is 81.7 Å². The molecule has 1 saturated carbocycles. The Morgan fingerprint density at radius 3 is 2.30 bits per heavy atom. The molecule has 3 N–H and O–H groups in total. The van der Waals surface area contributed by atoms with Crippen molar-refractivity contribution in [2.24, 2.45) is 5.92 Å². The summed E-state index contributed by atoms with van der Waals surface area (Å²) in [7, 11) is 0. The van der Waals surface area contributed by atoms with Crippen LogP contribution in [-0.4, -0.2) is 29.7 Å². The van der Waals surface area contributed by atoms with Gasteiger partial charge in [-0.25, -0.2) is 14.0 Å². The van der Waals surface area contributed by atoms with Gasteiger partial charge in [0.05, 0.1) is 16.9 Å². The number of benzene rings is 3. The lowest BCUT2D eigenvalue weighted by Crippen LogP contribution is -2.40. The molecule has 0 atom stereocenters. The number of hydrogen-bond acceptors (Lipinski definition) is 3. The number of carboxylic acids is 1. The van der Waals surface area contributed by atoms with Crippen molar-refractivity contribution in [1.29, 1.82) is 0 Å². The lowest BCUT2D eigenvalue weighted by Gasteiger charge is -2.38. The first kappa shape index (κ1) is 30.1. The van der Waals surface area contributed by atoms with Gasteiger partial charge in [0.2, 0.25) is 0 Å². The van der Waals surface area contributed by atoms with Crippen LogP contribution in [0.2, 0.25) is 0 Å². The second kappa shape index (κ2) is 13.2.